The van der Waals surface area contributed by atoms with Crippen LogP contribution in [0.25, 0.3) is 0 Å². The summed E-state index contributed by atoms with van der Waals surface area (Å²) >= 11 is 0. The predicted molar refractivity (Wildman–Crippen MR) is 166 cm³/mol. The van der Waals surface area contributed by atoms with E-state index < -0.39 is 52.3 Å². The van der Waals surface area contributed by atoms with Gasteiger partial charge in [0.25, 0.3) is 10.1 Å². The molecule has 4 fully saturated rings. The van der Waals surface area contributed by atoms with Gasteiger partial charge in [0.15, 0.2) is 12.6 Å². The summed E-state index contributed by atoms with van der Waals surface area (Å²) < 4.78 is 74.3. The van der Waals surface area contributed by atoms with E-state index in [1.807, 2.05) is 0 Å². The van der Waals surface area contributed by atoms with Crippen molar-refractivity contribution in [1.29, 1.82) is 0 Å². The second kappa shape index (κ2) is 17.0. The summed E-state index contributed by atoms with van der Waals surface area (Å²) in [5.41, 5.74) is -1.21. The van der Waals surface area contributed by atoms with Crippen molar-refractivity contribution in [3.63, 3.8) is 0 Å². The summed E-state index contributed by atoms with van der Waals surface area (Å²) in [6, 6.07) is -0.883. The van der Waals surface area contributed by atoms with Gasteiger partial charge >= 0.3 is 12.2 Å². The van der Waals surface area contributed by atoms with Crippen LogP contribution in [0.2, 0.25) is 0 Å². The van der Waals surface area contributed by atoms with E-state index in [1.165, 1.54) is 9.80 Å². The fourth-order valence-corrected chi connectivity index (χ4v) is 6.01. The normalized spacial score (nSPS) is 29.2. The summed E-state index contributed by atoms with van der Waals surface area (Å²) in [5.74, 6) is 0. The molecule has 268 valence electrons. The van der Waals surface area contributed by atoms with Crippen LogP contribution in [0.5, 0.6) is 0 Å². The molecule has 0 N–H and O–H groups in total. The van der Waals surface area contributed by atoms with Crippen molar-refractivity contribution in [2.24, 2.45) is 0 Å². The third-order valence-electron chi connectivity index (χ3n) is 7.63. The number of hydrogen-bond acceptors (Lipinski definition) is 11. The molecule has 46 heavy (non-hydrogen) atoms. The van der Waals surface area contributed by atoms with Crippen LogP contribution < -0.4 is 0 Å². The average molecular weight is 683 g/mol. The standard InChI is InChI=1S/C16H29NO7S.C15H26FNO4/c1-16(2,3)24-15(18)17-10-13(23-14-7-5-6-8-21-14)9-12(17)11-22-25(4,19)20;1-15(2,3)21-14(18)17-10-12(8-11(17)9-16)20-13-6-4-5-7-19-13/h12-14H,5-11H2,1-4H3;11-13H,4-10H2,1-3H3/t12-,13+,14?;11-,12+,13?/m00/s1. The predicted octanol–water partition coefficient (Wildman–Crippen LogP) is 4.76. The van der Waals surface area contributed by atoms with Gasteiger partial charge in [-0.3, -0.25) is 9.08 Å². The highest BCUT2D eigenvalue weighted by Gasteiger charge is 2.41. The van der Waals surface area contributed by atoms with Crippen LogP contribution in [0.15, 0.2) is 0 Å². The molecule has 4 rings (SSSR count). The third kappa shape index (κ3) is 13.8. The first kappa shape index (κ1) is 38.7. The molecule has 0 aromatic rings. The minimum atomic E-state index is -3.58. The Kier molecular flexibility index (Phi) is 14.3. The Bertz CT molecular complexity index is 1070. The number of carbonyl (C=O) groups excluding carboxylic acids is 2. The number of rotatable bonds is 8. The Balaban J connectivity index is 0.000000254. The van der Waals surface area contributed by atoms with Gasteiger partial charge < -0.3 is 33.3 Å². The van der Waals surface area contributed by atoms with Gasteiger partial charge in [-0.15, -0.1) is 0 Å². The average Bonchev–Trinajstić information content (AvgIpc) is 3.55. The van der Waals surface area contributed by atoms with Crippen molar-refractivity contribution in [1.82, 2.24) is 9.80 Å². The highest BCUT2D eigenvalue weighted by atomic mass is 32.2. The Labute approximate surface area is 273 Å². The number of hydrogen-bond donors (Lipinski definition) is 0. The first-order valence-electron chi connectivity index (χ1n) is 16.4. The lowest BCUT2D eigenvalue weighted by Crippen LogP contribution is -2.42. The molecule has 0 bridgehead atoms. The summed E-state index contributed by atoms with van der Waals surface area (Å²) in [4.78, 5) is 27.5. The molecule has 6 atom stereocenters. The molecule has 4 aliphatic rings. The zero-order valence-corrected chi connectivity index (χ0v) is 29.4. The van der Waals surface area contributed by atoms with Crippen LogP contribution in [0.3, 0.4) is 0 Å². The molecule has 4 aliphatic heterocycles. The van der Waals surface area contributed by atoms with Gasteiger partial charge in [-0.2, -0.15) is 8.42 Å². The van der Waals surface area contributed by atoms with E-state index in [1.54, 1.807) is 41.5 Å². The first-order chi connectivity index (χ1) is 21.4. The van der Waals surface area contributed by atoms with E-state index in [-0.39, 0.29) is 31.4 Å². The maximum atomic E-state index is 13.2. The second-order valence-corrected chi connectivity index (χ2v) is 15.9. The minimum absolute atomic E-state index is 0.108. The summed E-state index contributed by atoms with van der Waals surface area (Å²) in [5, 5.41) is 0. The highest BCUT2D eigenvalue weighted by molar-refractivity contribution is 7.85. The third-order valence-corrected chi connectivity index (χ3v) is 8.19. The molecule has 2 amide bonds. The molecule has 15 heteroatoms. The van der Waals surface area contributed by atoms with Crippen LogP contribution in [-0.2, 0) is 42.7 Å². The van der Waals surface area contributed by atoms with Gasteiger partial charge in [0.1, 0.15) is 17.9 Å². The van der Waals surface area contributed by atoms with Gasteiger partial charge in [-0.1, -0.05) is 0 Å². The molecule has 0 spiro atoms. The smallest absolute Gasteiger partial charge is 0.410 e. The van der Waals surface area contributed by atoms with Crippen molar-refractivity contribution in [3.05, 3.63) is 0 Å². The lowest BCUT2D eigenvalue weighted by molar-refractivity contribution is -0.185. The molecule has 2 unspecified atom stereocenters. The van der Waals surface area contributed by atoms with Gasteiger partial charge in [0.2, 0.25) is 0 Å². The number of ether oxygens (including phenoxy) is 6. The molecule has 4 heterocycles. The Morgan fingerprint density at radius 3 is 1.57 bits per heavy atom. The SMILES string of the molecule is CC(C)(C)OC(=O)N1C[C@H](OC2CCCCO2)C[C@H]1CF.CC(C)(C)OC(=O)N1C[C@H](OC2CCCCO2)C[C@H]1COS(C)(=O)=O. The van der Waals surface area contributed by atoms with Gasteiger partial charge in [-0.25, -0.2) is 14.0 Å². The van der Waals surface area contributed by atoms with Gasteiger partial charge in [0, 0.05) is 13.2 Å². The topological polar surface area (TPSA) is 139 Å². The van der Waals surface area contributed by atoms with E-state index in [2.05, 4.69) is 0 Å². The molecule has 0 aromatic carbocycles. The van der Waals surface area contributed by atoms with E-state index in [0.717, 1.165) is 44.8 Å². The number of likely N-dealkylation sites (tertiary alicyclic amines) is 2. The first-order valence-corrected chi connectivity index (χ1v) is 18.2. The molecular formula is C31H55FN2O11S. The van der Waals surface area contributed by atoms with Gasteiger partial charge in [0.05, 0.1) is 50.2 Å². The number of nitrogens with zero attached hydrogens (tertiary/aromatic N) is 2. The number of carbonyl (C=O) groups is 2. The van der Waals surface area contributed by atoms with Crippen LogP contribution in [-0.4, -0.2) is 124 Å². The van der Waals surface area contributed by atoms with Crippen molar-refractivity contribution < 1.29 is 55.0 Å². The quantitative estimate of drug-likeness (QED) is 0.328. The summed E-state index contributed by atoms with van der Waals surface area (Å²) in [6.07, 6.45) is 6.01. The molecule has 0 radical (unpaired) electrons. The molecular weight excluding hydrogens is 627 g/mol. The lowest BCUT2D eigenvalue weighted by Gasteiger charge is -2.28. The lowest BCUT2D eigenvalue weighted by atomic mass is 10.2. The maximum Gasteiger partial charge on any atom is 0.410 e. The summed E-state index contributed by atoms with van der Waals surface area (Å²) in [7, 11) is -3.58. The summed E-state index contributed by atoms with van der Waals surface area (Å²) in [6.45, 7) is 12.1. The van der Waals surface area contributed by atoms with Crippen LogP contribution in [0.4, 0.5) is 14.0 Å². The molecule has 4 saturated heterocycles. The Morgan fingerprint density at radius 2 is 1.20 bits per heavy atom. The zero-order valence-electron chi connectivity index (χ0n) is 28.5. The van der Waals surface area contributed by atoms with E-state index in [4.69, 9.17) is 32.6 Å². The Morgan fingerprint density at radius 1 is 0.761 bits per heavy atom. The van der Waals surface area contributed by atoms with E-state index >= 15 is 0 Å². The second-order valence-electron chi connectivity index (χ2n) is 14.3. The monoisotopic (exact) mass is 682 g/mol. The van der Waals surface area contributed by atoms with Gasteiger partial charge in [-0.05, 0) is 92.9 Å². The molecule has 0 saturated carbocycles. The molecule has 0 aromatic heterocycles. The fourth-order valence-electron chi connectivity index (χ4n) is 5.61. The van der Waals surface area contributed by atoms with E-state index in [0.29, 0.717) is 39.1 Å². The number of amides is 2. The van der Waals surface area contributed by atoms with Crippen molar-refractivity contribution in [3.8, 4) is 0 Å². The van der Waals surface area contributed by atoms with Crippen LogP contribution >= 0.6 is 0 Å². The maximum absolute atomic E-state index is 13.2. The van der Waals surface area contributed by atoms with Crippen LogP contribution in [0.1, 0.15) is 92.9 Å². The van der Waals surface area contributed by atoms with Crippen LogP contribution in [0, 0.1) is 0 Å². The zero-order chi connectivity index (χ0) is 34.1. The highest BCUT2D eigenvalue weighted by Crippen LogP contribution is 2.28. The number of alkyl halides is 1. The molecule has 13 nitrogen and oxygen atoms in total. The van der Waals surface area contributed by atoms with E-state index in [9.17, 15) is 22.4 Å². The van der Waals surface area contributed by atoms with Crippen molar-refractivity contribution >= 4 is 22.3 Å². The largest absolute Gasteiger partial charge is 0.444 e. The number of halogens is 1. The Hall–Kier alpha value is -1.78. The minimum Gasteiger partial charge on any atom is -0.444 e. The van der Waals surface area contributed by atoms with Crippen molar-refractivity contribution in [2.45, 2.75) is 141 Å². The van der Waals surface area contributed by atoms with Crippen molar-refractivity contribution in [2.75, 3.05) is 45.8 Å². The fraction of sp³-hybridized carbons (Fsp3) is 0.935. The molecule has 0 aliphatic carbocycles.